The van der Waals surface area contributed by atoms with Crippen LogP contribution in [0.4, 0.5) is 0 Å². The third-order valence-corrected chi connectivity index (χ3v) is 21.5. The van der Waals surface area contributed by atoms with Gasteiger partial charge in [-0.25, -0.2) is 0 Å². The van der Waals surface area contributed by atoms with Crippen LogP contribution in [0.25, 0.3) is 151 Å². The number of fused-ring (bicyclic) bond motifs is 15. The SMILES string of the molecule is CC1(C)c2ccccc2-c2sc3ccc(-c4c5ccccc5c(-c5cccc6c(-c7ccccc7)cccc56)c5ccccc45)cc3c21.CC1(C)c2ccccc2-c2sc3cccc(-c4c5ccccc5c(-c5ccccc5)c5ccccc45)c3c21. The second-order valence-electron chi connectivity index (χ2n) is 24.5. The Kier molecular flexibility index (Phi) is 11.5. The Morgan fingerprint density at radius 3 is 1.16 bits per heavy atom. The molecule has 86 heavy (non-hydrogen) atoms. The molecule has 14 aromatic carbocycles. The number of rotatable bonds is 5. The Morgan fingerprint density at radius 2 is 0.605 bits per heavy atom. The van der Waals surface area contributed by atoms with E-state index in [2.05, 4.69) is 307 Å². The van der Waals surface area contributed by atoms with E-state index in [4.69, 9.17) is 0 Å². The summed E-state index contributed by atoms with van der Waals surface area (Å²) in [6.07, 6.45) is 0. The summed E-state index contributed by atoms with van der Waals surface area (Å²) >= 11 is 3.89. The van der Waals surface area contributed by atoms with Crippen LogP contribution in [-0.4, -0.2) is 0 Å². The van der Waals surface area contributed by atoms with Crippen molar-refractivity contribution in [1.82, 2.24) is 0 Å². The monoisotopic (exact) mass is 1130 g/mol. The molecular formula is C84H58S2. The summed E-state index contributed by atoms with van der Waals surface area (Å²) in [6.45, 7) is 9.58. The number of thiophene rings is 2. The van der Waals surface area contributed by atoms with Gasteiger partial charge in [0.2, 0.25) is 0 Å². The second kappa shape index (κ2) is 19.4. The topological polar surface area (TPSA) is 0 Å². The second-order valence-corrected chi connectivity index (χ2v) is 26.6. The molecular weight excluding hydrogens is 1070 g/mol. The zero-order valence-electron chi connectivity index (χ0n) is 48.4. The van der Waals surface area contributed by atoms with Crippen molar-refractivity contribution in [3.05, 3.63) is 301 Å². The molecule has 16 aromatic rings. The van der Waals surface area contributed by atoms with Crippen molar-refractivity contribution in [1.29, 1.82) is 0 Å². The lowest BCUT2D eigenvalue weighted by atomic mass is 9.79. The minimum Gasteiger partial charge on any atom is -0.135 e. The summed E-state index contributed by atoms with van der Waals surface area (Å²) in [6, 6.07) is 103. The van der Waals surface area contributed by atoms with E-state index in [-0.39, 0.29) is 10.8 Å². The first-order chi connectivity index (χ1) is 42.2. The minimum absolute atomic E-state index is 0.0379. The summed E-state index contributed by atoms with van der Waals surface area (Å²) in [4.78, 5) is 2.86. The van der Waals surface area contributed by atoms with Crippen LogP contribution in [0.5, 0.6) is 0 Å². The van der Waals surface area contributed by atoms with Crippen LogP contribution in [0.15, 0.2) is 279 Å². The summed E-state index contributed by atoms with van der Waals surface area (Å²) in [5.74, 6) is 0. The van der Waals surface area contributed by atoms with Gasteiger partial charge in [-0.1, -0.05) is 289 Å². The van der Waals surface area contributed by atoms with Crippen LogP contribution in [-0.2, 0) is 10.8 Å². The summed E-state index contributed by atoms with van der Waals surface area (Å²) in [5.41, 5.74) is 21.5. The molecule has 0 N–H and O–H groups in total. The van der Waals surface area contributed by atoms with Crippen molar-refractivity contribution >= 4 is 96.7 Å². The minimum atomic E-state index is -0.0458. The van der Waals surface area contributed by atoms with Crippen molar-refractivity contribution in [2.24, 2.45) is 0 Å². The molecule has 0 saturated carbocycles. The lowest BCUT2D eigenvalue weighted by molar-refractivity contribution is 0.667. The smallest absolute Gasteiger partial charge is 0.0399 e. The molecule has 0 saturated heterocycles. The highest BCUT2D eigenvalue weighted by Gasteiger charge is 2.40. The quantitative estimate of drug-likeness (QED) is 0.151. The fourth-order valence-corrected chi connectivity index (χ4v) is 18.2. The van der Waals surface area contributed by atoms with E-state index in [1.54, 1.807) is 0 Å². The van der Waals surface area contributed by atoms with Crippen molar-refractivity contribution in [2.45, 2.75) is 38.5 Å². The maximum absolute atomic E-state index is 2.48. The Morgan fingerprint density at radius 1 is 0.233 bits per heavy atom. The van der Waals surface area contributed by atoms with Crippen LogP contribution in [0.3, 0.4) is 0 Å². The Bertz CT molecular complexity index is 5340. The lowest BCUT2D eigenvalue weighted by Crippen LogP contribution is -2.15. The van der Waals surface area contributed by atoms with E-state index in [0.717, 1.165) is 0 Å². The van der Waals surface area contributed by atoms with Gasteiger partial charge in [0.05, 0.1) is 0 Å². The normalized spacial score (nSPS) is 13.5. The van der Waals surface area contributed by atoms with Gasteiger partial charge >= 0.3 is 0 Å². The number of hydrogen-bond acceptors (Lipinski definition) is 2. The van der Waals surface area contributed by atoms with E-state index >= 15 is 0 Å². The van der Waals surface area contributed by atoms with Crippen molar-refractivity contribution in [3.63, 3.8) is 0 Å². The summed E-state index contributed by atoms with van der Waals surface area (Å²) in [5, 5.41) is 15.7. The largest absolute Gasteiger partial charge is 0.135 e. The molecule has 2 aliphatic carbocycles. The Hall–Kier alpha value is -9.70. The Labute approximate surface area is 509 Å². The molecule has 0 spiro atoms. The average molecular weight is 1130 g/mol. The third-order valence-electron chi connectivity index (χ3n) is 19.1. The van der Waals surface area contributed by atoms with Crippen molar-refractivity contribution in [2.75, 3.05) is 0 Å². The molecule has 18 rings (SSSR count). The van der Waals surface area contributed by atoms with Gasteiger partial charge in [0.1, 0.15) is 0 Å². The average Bonchev–Trinajstić information content (AvgIpc) is 1.50. The molecule has 0 atom stereocenters. The maximum atomic E-state index is 2.48. The van der Waals surface area contributed by atoms with Gasteiger partial charge in [-0.2, -0.15) is 0 Å². The van der Waals surface area contributed by atoms with E-state index < -0.39 is 0 Å². The third kappa shape index (κ3) is 7.46. The van der Waals surface area contributed by atoms with Gasteiger partial charge in [0.25, 0.3) is 0 Å². The molecule has 0 aliphatic heterocycles. The fraction of sp³-hybridized carbons (Fsp3) is 0.0714. The predicted octanol–water partition coefficient (Wildman–Crippen LogP) is 24.5. The predicted molar refractivity (Wildman–Crippen MR) is 373 cm³/mol. The summed E-state index contributed by atoms with van der Waals surface area (Å²) < 4.78 is 2.73. The van der Waals surface area contributed by atoms with Crippen LogP contribution >= 0.6 is 22.7 Å². The number of benzene rings is 14. The molecule has 0 amide bonds. The molecule has 2 heteroatoms. The van der Waals surface area contributed by atoms with Crippen LogP contribution in [0, 0.1) is 0 Å². The fourth-order valence-electron chi connectivity index (χ4n) is 15.4. The van der Waals surface area contributed by atoms with Crippen LogP contribution < -0.4 is 0 Å². The maximum Gasteiger partial charge on any atom is 0.0399 e. The van der Waals surface area contributed by atoms with E-state index in [0.29, 0.717) is 0 Å². The first kappa shape index (κ1) is 50.8. The molecule has 2 aromatic heterocycles. The molecule has 0 radical (unpaired) electrons. The van der Waals surface area contributed by atoms with Crippen molar-refractivity contribution < 1.29 is 0 Å². The number of hydrogen-bond donors (Lipinski definition) is 0. The molecule has 0 fully saturated rings. The first-order valence-corrected chi connectivity index (χ1v) is 31.7. The van der Waals surface area contributed by atoms with Crippen molar-refractivity contribution in [3.8, 4) is 76.5 Å². The molecule has 0 bridgehead atoms. The van der Waals surface area contributed by atoms with Gasteiger partial charge in [0, 0.05) is 35.4 Å². The van der Waals surface area contributed by atoms with E-state index in [9.17, 15) is 0 Å². The van der Waals surface area contributed by atoms with E-state index in [1.165, 1.54) is 173 Å². The zero-order chi connectivity index (χ0) is 57.4. The standard InChI is InChI=1S/C47H32S.C37H26S/c1-47(2)41-25-11-10-20-39(41)46-45(47)40-28-30(26-27-42(40)48-46)43-35-16-6-8-18-37(35)44(38-19-9-7-17-36(38)43)34-24-13-22-32-31(21-12-23-33(32)34)29-14-4-3-5-15-29;1-37(2)30-21-11-10-19-28(30)36-35(37)34-29(20-12-22-31(34)38-36)33-26-17-8-6-15-24(26)32(23-13-4-3-5-14-23)25-16-7-9-18-27(25)33/h3-28H,1-2H3;3-22H,1-2H3. The van der Waals surface area contributed by atoms with Gasteiger partial charge < -0.3 is 0 Å². The highest BCUT2D eigenvalue weighted by Crippen LogP contribution is 2.59. The van der Waals surface area contributed by atoms with Gasteiger partial charge in [-0.3, -0.25) is 0 Å². The summed E-state index contributed by atoms with van der Waals surface area (Å²) in [7, 11) is 0. The lowest BCUT2D eigenvalue weighted by Gasteiger charge is -2.23. The van der Waals surface area contributed by atoms with Crippen LogP contribution in [0.1, 0.15) is 49.9 Å². The molecule has 0 unspecified atom stereocenters. The molecule has 2 aliphatic rings. The van der Waals surface area contributed by atoms with E-state index in [1.807, 2.05) is 22.7 Å². The first-order valence-electron chi connectivity index (χ1n) is 30.1. The van der Waals surface area contributed by atoms with Gasteiger partial charge in [-0.05, 0) is 166 Å². The Balaban J connectivity index is 0.000000138. The highest BCUT2D eigenvalue weighted by atomic mass is 32.1. The molecule has 406 valence electrons. The highest BCUT2D eigenvalue weighted by molar-refractivity contribution is 7.23. The zero-order valence-corrected chi connectivity index (χ0v) is 50.0. The van der Waals surface area contributed by atoms with Gasteiger partial charge in [0.15, 0.2) is 0 Å². The molecule has 0 nitrogen and oxygen atoms in total. The molecule has 2 heterocycles. The van der Waals surface area contributed by atoms with Crippen LogP contribution in [0.2, 0.25) is 0 Å². The van der Waals surface area contributed by atoms with Gasteiger partial charge in [-0.15, -0.1) is 22.7 Å².